The summed E-state index contributed by atoms with van der Waals surface area (Å²) in [5, 5.41) is 3.06. The van der Waals surface area contributed by atoms with Gasteiger partial charge in [0.15, 0.2) is 11.5 Å². The molecule has 10 heteroatoms. The molecular weight excluding hydrogens is 518 g/mol. The maximum absolute atomic E-state index is 12.7. The van der Waals surface area contributed by atoms with Gasteiger partial charge in [0.1, 0.15) is 18.2 Å². The van der Waals surface area contributed by atoms with Gasteiger partial charge in [-0.2, -0.15) is 0 Å². The molecule has 1 rings (SSSR count). The number of hydrogen-bond donors (Lipinski definition) is 1. The van der Waals surface area contributed by atoms with Crippen LogP contribution < -0.4 is 14.8 Å². The second kappa shape index (κ2) is 18.3. The number of esters is 3. The quantitative estimate of drug-likeness (QED) is 0.194. The maximum atomic E-state index is 12.7. The SMILES string of the molecule is CCCC(C)C(=O)Oc1ccc(C[C@H](NCC(C)OC(=O)OC(C)CC)C(=O)OC)cc1OC(=O)C(C)CCC. The predicted molar refractivity (Wildman–Crippen MR) is 150 cm³/mol. The summed E-state index contributed by atoms with van der Waals surface area (Å²) in [5.74, 6) is -1.78. The van der Waals surface area contributed by atoms with E-state index in [2.05, 4.69) is 5.32 Å². The van der Waals surface area contributed by atoms with Crippen molar-refractivity contribution in [3.05, 3.63) is 23.8 Å². The lowest BCUT2D eigenvalue weighted by molar-refractivity contribution is -0.143. The van der Waals surface area contributed by atoms with Crippen LogP contribution in [0.15, 0.2) is 18.2 Å². The number of carbonyl (C=O) groups excluding carboxylic acids is 4. The number of hydrogen-bond acceptors (Lipinski definition) is 10. The fourth-order valence-electron chi connectivity index (χ4n) is 3.77. The highest BCUT2D eigenvalue weighted by molar-refractivity contribution is 5.79. The number of methoxy groups -OCH3 is 1. The van der Waals surface area contributed by atoms with Gasteiger partial charge in [0.2, 0.25) is 0 Å². The first-order chi connectivity index (χ1) is 18.9. The Hall–Kier alpha value is -3.14. The Morgan fingerprint density at radius 1 is 0.775 bits per heavy atom. The van der Waals surface area contributed by atoms with Gasteiger partial charge in [-0.1, -0.05) is 53.5 Å². The minimum absolute atomic E-state index is 0.107. The Morgan fingerprint density at radius 2 is 1.32 bits per heavy atom. The molecule has 1 aromatic carbocycles. The third-order valence-electron chi connectivity index (χ3n) is 6.42. The van der Waals surface area contributed by atoms with Crippen LogP contribution in [0.25, 0.3) is 0 Å². The third-order valence-corrected chi connectivity index (χ3v) is 6.42. The standard InChI is InChI=1S/C30H47NO9/c1-9-12-19(4)27(32)39-25-15-14-23(17-26(25)40-28(33)20(5)13-10-2)16-24(29(34)36-8)31-18-22(7)38-30(35)37-21(6)11-3/h14-15,17,19-22,24,31H,9-13,16,18H2,1-8H3/t19?,20?,21?,22?,24-/m0/s1. The fourth-order valence-corrected chi connectivity index (χ4v) is 3.77. The zero-order valence-corrected chi connectivity index (χ0v) is 25.2. The molecule has 0 radical (unpaired) electrons. The van der Waals surface area contributed by atoms with E-state index in [1.54, 1.807) is 45.9 Å². The molecule has 1 N–H and O–H groups in total. The lowest BCUT2D eigenvalue weighted by Crippen LogP contribution is -2.43. The number of carbonyl (C=O) groups is 4. The van der Waals surface area contributed by atoms with Crippen LogP contribution in [0.5, 0.6) is 11.5 Å². The van der Waals surface area contributed by atoms with Crippen LogP contribution >= 0.6 is 0 Å². The minimum atomic E-state index is -0.790. The molecule has 0 fully saturated rings. The second-order valence-electron chi connectivity index (χ2n) is 10.2. The molecule has 0 saturated heterocycles. The van der Waals surface area contributed by atoms with Crippen LogP contribution in [0.3, 0.4) is 0 Å². The van der Waals surface area contributed by atoms with E-state index in [0.717, 1.165) is 12.8 Å². The van der Waals surface area contributed by atoms with Crippen molar-refractivity contribution in [2.24, 2.45) is 11.8 Å². The summed E-state index contributed by atoms with van der Waals surface area (Å²) in [6.45, 7) is 13.0. The van der Waals surface area contributed by atoms with Crippen LogP contribution in [0, 0.1) is 11.8 Å². The van der Waals surface area contributed by atoms with Crippen molar-refractivity contribution >= 4 is 24.1 Å². The van der Waals surface area contributed by atoms with E-state index < -0.39 is 36.2 Å². The second-order valence-corrected chi connectivity index (χ2v) is 10.2. The summed E-state index contributed by atoms with van der Waals surface area (Å²) in [5.41, 5.74) is 0.639. The molecule has 0 aliphatic rings. The highest BCUT2D eigenvalue weighted by atomic mass is 16.7. The summed E-state index contributed by atoms with van der Waals surface area (Å²) < 4.78 is 26.6. The van der Waals surface area contributed by atoms with E-state index in [0.29, 0.717) is 24.8 Å². The molecule has 40 heavy (non-hydrogen) atoms. The molecule has 10 nitrogen and oxygen atoms in total. The zero-order chi connectivity index (χ0) is 30.2. The average Bonchev–Trinajstić information content (AvgIpc) is 2.91. The van der Waals surface area contributed by atoms with Crippen LogP contribution in [-0.4, -0.2) is 56.0 Å². The summed E-state index contributed by atoms with van der Waals surface area (Å²) in [6, 6.07) is 4.05. The highest BCUT2D eigenvalue weighted by Crippen LogP contribution is 2.31. The fraction of sp³-hybridized carbons (Fsp3) is 0.667. The minimum Gasteiger partial charge on any atom is -0.468 e. The van der Waals surface area contributed by atoms with E-state index in [4.69, 9.17) is 23.7 Å². The Morgan fingerprint density at radius 3 is 1.85 bits per heavy atom. The number of ether oxygens (including phenoxy) is 5. The first kappa shape index (κ1) is 34.9. The van der Waals surface area contributed by atoms with Crippen LogP contribution in [0.1, 0.15) is 86.1 Å². The highest BCUT2D eigenvalue weighted by Gasteiger charge is 2.25. The Kier molecular flexibility index (Phi) is 15.9. The molecular formula is C30H47NO9. The molecule has 0 aliphatic carbocycles. The number of benzene rings is 1. The first-order valence-corrected chi connectivity index (χ1v) is 14.2. The maximum Gasteiger partial charge on any atom is 0.508 e. The lowest BCUT2D eigenvalue weighted by atomic mass is 10.0. The summed E-state index contributed by atoms with van der Waals surface area (Å²) in [7, 11) is 1.28. The van der Waals surface area contributed by atoms with Crippen molar-refractivity contribution in [1.29, 1.82) is 0 Å². The smallest absolute Gasteiger partial charge is 0.468 e. The van der Waals surface area contributed by atoms with Gasteiger partial charge in [-0.15, -0.1) is 0 Å². The molecule has 0 heterocycles. The normalized spacial score (nSPS) is 14.7. The molecule has 0 amide bonds. The van der Waals surface area contributed by atoms with Crippen LogP contribution in [0.4, 0.5) is 4.79 Å². The van der Waals surface area contributed by atoms with Crippen molar-refractivity contribution in [3.8, 4) is 11.5 Å². The number of rotatable bonds is 17. The van der Waals surface area contributed by atoms with Crippen molar-refractivity contribution < 1.29 is 42.9 Å². The van der Waals surface area contributed by atoms with Gasteiger partial charge in [-0.3, -0.25) is 14.4 Å². The predicted octanol–water partition coefficient (Wildman–Crippen LogP) is 5.38. The molecule has 226 valence electrons. The summed E-state index contributed by atoms with van der Waals surface area (Å²) in [6.07, 6.45) is 2.19. The molecule has 5 atom stereocenters. The molecule has 1 aromatic rings. The summed E-state index contributed by atoms with van der Waals surface area (Å²) in [4.78, 5) is 49.8. The molecule has 4 unspecified atom stereocenters. The molecule has 0 saturated carbocycles. The molecule has 0 aromatic heterocycles. The van der Waals surface area contributed by atoms with E-state index in [9.17, 15) is 19.2 Å². The van der Waals surface area contributed by atoms with Crippen LogP contribution in [-0.2, 0) is 35.0 Å². The Bertz CT molecular complexity index is 964. The monoisotopic (exact) mass is 565 g/mol. The Labute approximate surface area is 238 Å². The van der Waals surface area contributed by atoms with E-state index in [1.807, 2.05) is 20.8 Å². The molecule has 0 aliphatic heterocycles. The van der Waals surface area contributed by atoms with E-state index in [1.165, 1.54) is 7.11 Å². The van der Waals surface area contributed by atoms with Gasteiger partial charge >= 0.3 is 24.1 Å². The van der Waals surface area contributed by atoms with Crippen LogP contribution in [0.2, 0.25) is 0 Å². The number of nitrogens with one attached hydrogen (secondary N) is 1. The third kappa shape index (κ3) is 12.4. The van der Waals surface area contributed by atoms with Gasteiger partial charge in [-0.25, -0.2) is 4.79 Å². The average molecular weight is 566 g/mol. The largest absolute Gasteiger partial charge is 0.508 e. The van der Waals surface area contributed by atoms with Gasteiger partial charge in [0, 0.05) is 6.54 Å². The van der Waals surface area contributed by atoms with Gasteiger partial charge < -0.3 is 29.0 Å². The van der Waals surface area contributed by atoms with Gasteiger partial charge in [0.25, 0.3) is 0 Å². The first-order valence-electron chi connectivity index (χ1n) is 14.2. The van der Waals surface area contributed by atoms with Gasteiger partial charge in [-0.05, 0) is 57.2 Å². The molecule has 0 bridgehead atoms. The topological polar surface area (TPSA) is 126 Å². The van der Waals surface area contributed by atoms with E-state index in [-0.39, 0.29) is 42.4 Å². The lowest BCUT2D eigenvalue weighted by Gasteiger charge is -2.21. The van der Waals surface area contributed by atoms with Crippen molar-refractivity contribution in [2.45, 2.75) is 105 Å². The Balaban J connectivity index is 3.09. The van der Waals surface area contributed by atoms with Crippen molar-refractivity contribution in [1.82, 2.24) is 5.32 Å². The van der Waals surface area contributed by atoms with Crippen molar-refractivity contribution in [2.75, 3.05) is 13.7 Å². The zero-order valence-electron chi connectivity index (χ0n) is 25.2. The van der Waals surface area contributed by atoms with E-state index >= 15 is 0 Å². The van der Waals surface area contributed by atoms with Gasteiger partial charge in [0.05, 0.1) is 18.9 Å². The van der Waals surface area contributed by atoms with Crippen molar-refractivity contribution in [3.63, 3.8) is 0 Å². The molecule has 0 spiro atoms. The summed E-state index contributed by atoms with van der Waals surface area (Å²) >= 11 is 0.